The van der Waals surface area contributed by atoms with E-state index < -0.39 is 42.1 Å². The Labute approximate surface area is 195 Å². The fourth-order valence-corrected chi connectivity index (χ4v) is 4.85. The normalized spacial score (nSPS) is 28.2. The van der Waals surface area contributed by atoms with Gasteiger partial charge < -0.3 is 34.9 Å². The number of hydrogen-bond acceptors (Lipinski definition) is 6. The van der Waals surface area contributed by atoms with Crippen molar-refractivity contribution in [3.8, 4) is 0 Å². The lowest BCUT2D eigenvalue weighted by molar-refractivity contribution is -0.192. The van der Waals surface area contributed by atoms with E-state index >= 15 is 0 Å². The molecule has 9 nitrogen and oxygen atoms in total. The molecule has 10 heteroatoms. The summed E-state index contributed by atoms with van der Waals surface area (Å²) in [6, 6.07) is 4.10. The monoisotopic (exact) mass is 471 g/mol. The molecule has 0 spiro atoms. The van der Waals surface area contributed by atoms with Gasteiger partial charge in [0, 0.05) is 22.6 Å². The van der Waals surface area contributed by atoms with Gasteiger partial charge >= 0.3 is 0 Å². The van der Waals surface area contributed by atoms with Crippen molar-refractivity contribution >= 4 is 29.2 Å². The van der Waals surface area contributed by atoms with Gasteiger partial charge in [-0.2, -0.15) is 0 Å². The maximum atomic E-state index is 13.8. The van der Waals surface area contributed by atoms with E-state index in [0.29, 0.717) is 39.3 Å². The summed E-state index contributed by atoms with van der Waals surface area (Å²) in [5.41, 5.74) is 3.47. The summed E-state index contributed by atoms with van der Waals surface area (Å²) in [6.07, 6.45) is -0.874. The molecule has 2 amide bonds. The zero-order valence-electron chi connectivity index (χ0n) is 19.2. The number of carbonyl (C=O) groups is 2. The smallest absolute Gasteiger partial charge is 0.256 e. The minimum atomic E-state index is -0.855. The summed E-state index contributed by atoms with van der Waals surface area (Å²) in [4.78, 5) is 28.8. The molecule has 2 aromatic rings. The van der Waals surface area contributed by atoms with Crippen molar-refractivity contribution in [2.45, 2.75) is 58.0 Å². The van der Waals surface area contributed by atoms with Crippen molar-refractivity contribution in [2.75, 3.05) is 11.9 Å². The van der Waals surface area contributed by atoms with Crippen LogP contribution in [0.1, 0.15) is 46.7 Å². The minimum absolute atomic E-state index is 0.267. The van der Waals surface area contributed by atoms with Crippen LogP contribution in [0.3, 0.4) is 0 Å². The van der Waals surface area contributed by atoms with Crippen LogP contribution in [0, 0.1) is 19.7 Å². The van der Waals surface area contributed by atoms with E-state index in [1.54, 1.807) is 33.8 Å². The van der Waals surface area contributed by atoms with Gasteiger partial charge in [0.1, 0.15) is 24.1 Å². The average Bonchev–Trinajstić information content (AvgIpc) is 3.43. The first-order chi connectivity index (χ1) is 16.1. The second-order valence-electron chi connectivity index (χ2n) is 9.18. The zero-order chi connectivity index (χ0) is 24.4. The highest BCUT2D eigenvalue weighted by atomic mass is 19.1. The first kappa shape index (κ1) is 22.7. The highest BCUT2D eigenvalue weighted by Gasteiger charge is 2.55. The van der Waals surface area contributed by atoms with Gasteiger partial charge in [-0.05, 0) is 57.5 Å². The number of aryl methyl sites for hydroxylation is 1. The molecule has 4 N–H and O–H groups in total. The van der Waals surface area contributed by atoms with Crippen LogP contribution < -0.4 is 10.6 Å². The van der Waals surface area contributed by atoms with Gasteiger partial charge in [0.15, 0.2) is 12.0 Å². The first-order valence-electron chi connectivity index (χ1n) is 11.0. The fourth-order valence-electron chi connectivity index (χ4n) is 4.85. The van der Waals surface area contributed by atoms with Crippen molar-refractivity contribution in [3.05, 3.63) is 52.1 Å². The van der Waals surface area contributed by atoms with Gasteiger partial charge in [0.05, 0.1) is 17.7 Å². The Hall–Kier alpha value is -3.05. The Morgan fingerprint density at radius 3 is 2.74 bits per heavy atom. The molecule has 5 rings (SSSR count). The molecule has 0 aliphatic carbocycles. The van der Waals surface area contributed by atoms with Gasteiger partial charge in [-0.3, -0.25) is 9.59 Å². The highest BCUT2D eigenvalue weighted by molar-refractivity contribution is 6.34. The van der Waals surface area contributed by atoms with Crippen LogP contribution in [0.5, 0.6) is 0 Å². The summed E-state index contributed by atoms with van der Waals surface area (Å²) in [6.45, 7) is 6.78. The lowest BCUT2D eigenvalue weighted by Crippen LogP contribution is -2.44. The van der Waals surface area contributed by atoms with E-state index in [1.807, 2.05) is 0 Å². The van der Waals surface area contributed by atoms with E-state index in [4.69, 9.17) is 14.2 Å². The van der Waals surface area contributed by atoms with Crippen molar-refractivity contribution in [2.24, 2.45) is 0 Å². The summed E-state index contributed by atoms with van der Waals surface area (Å²) >= 11 is 0. The molecule has 1 aromatic carbocycles. The van der Waals surface area contributed by atoms with Crippen molar-refractivity contribution in [3.63, 3.8) is 0 Å². The molecule has 3 aliphatic heterocycles. The van der Waals surface area contributed by atoms with E-state index in [2.05, 4.69) is 15.6 Å². The quantitative estimate of drug-likeness (QED) is 0.508. The Bertz CT molecular complexity index is 1220. The third-order valence-electron chi connectivity index (χ3n) is 6.36. The molecule has 0 unspecified atom stereocenters. The number of carbonyl (C=O) groups excluding carboxylic acids is 2. The standard InChI is InChI=1S/C24H26FN3O6/c1-10-16(8-14-13-7-12(25)5-6-15(13)27-21(14)30)26-11(2)18(10)22(31)28-23-20-19(17(9-29)32-23)33-24(3,4)34-20/h5-8,17,19-20,23,26,29H,9H2,1-4H3,(H,27,30)(H,28,31)/b14-8-/t17-,19-,20-,23-/m0/s1. The van der Waals surface area contributed by atoms with Gasteiger partial charge in [-0.15, -0.1) is 0 Å². The maximum absolute atomic E-state index is 13.8. The van der Waals surface area contributed by atoms with Crippen LogP contribution in [0.25, 0.3) is 11.6 Å². The number of halogens is 1. The largest absolute Gasteiger partial charge is 0.394 e. The van der Waals surface area contributed by atoms with Crippen molar-refractivity contribution in [1.82, 2.24) is 10.3 Å². The lowest BCUT2D eigenvalue weighted by Gasteiger charge is -2.24. The number of aromatic nitrogens is 1. The van der Waals surface area contributed by atoms with E-state index in [-0.39, 0.29) is 12.5 Å². The molecule has 0 saturated carbocycles. The molecule has 2 saturated heterocycles. The van der Waals surface area contributed by atoms with Crippen molar-refractivity contribution < 1.29 is 33.3 Å². The minimum Gasteiger partial charge on any atom is -0.394 e. The number of H-pyrrole nitrogens is 1. The third-order valence-corrected chi connectivity index (χ3v) is 6.36. The summed E-state index contributed by atoms with van der Waals surface area (Å²) in [7, 11) is 0. The number of aromatic amines is 1. The number of amides is 2. The topological polar surface area (TPSA) is 122 Å². The third kappa shape index (κ3) is 3.72. The van der Waals surface area contributed by atoms with Crippen LogP contribution in [-0.4, -0.2) is 58.8 Å². The highest BCUT2D eigenvalue weighted by Crippen LogP contribution is 2.38. The van der Waals surface area contributed by atoms with E-state index in [0.717, 1.165) is 0 Å². The molecule has 1 aromatic heterocycles. The molecule has 0 bridgehead atoms. The summed E-state index contributed by atoms with van der Waals surface area (Å²) in [5.74, 6) is -2.04. The number of anilines is 1. The number of rotatable bonds is 4. The van der Waals surface area contributed by atoms with Crippen LogP contribution in [0.4, 0.5) is 10.1 Å². The van der Waals surface area contributed by atoms with Crippen LogP contribution in [0.15, 0.2) is 18.2 Å². The lowest BCUT2D eigenvalue weighted by atomic mass is 10.0. The van der Waals surface area contributed by atoms with Gasteiger partial charge in [0.2, 0.25) is 0 Å². The van der Waals surface area contributed by atoms with Gasteiger partial charge in [-0.1, -0.05) is 0 Å². The number of hydrogen-bond donors (Lipinski definition) is 4. The Morgan fingerprint density at radius 1 is 1.26 bits per heavy atom. The first-order valence-corrected chi connectivity index (χ1v) is 11.0. The summed E-state index contributed by atoms with van der Waals surface area (Å²) < 4.78 is 31.3. The van der Waals surface area contributed by atoms with Gasteiger partial charge in [0.25, 0.3) is 11.8 Å². The number of ether oxygens (including phenoxy) is 3. The molecule has 3 aliphatic rings. The molecule has 2 fully saturated rings. The molecule has 4 atom stereocenters. The molecule has 0 radical (unpaired) electrons. The molecule has 4 heterocycles. The molecule has 34 heavy (non-hydrogen) atoms. The zero-order valence-corrected chi connectivity index (χ0v) is 19.2. The Balaban J connectivity index is 1.41. The maximum Gasteiger partial charge on any atom is 0.256 e. The predicted molar refractivity (Wildman–Crippen MR) is 120 cm³/mol. The molecular formula is C24H26FN3O6. The van der Waals surface area contributed by atoms with Crippen LogP contribution in [-0.2, 0) is 19.0 Å². The number of fused-ring (bicyclic) bond motifs is 2. The number of aliphatic hydroxyl groups is 1. The SMILES string of the molecule is Cc1[nH]c(/C=C2\C(=O)Nc3ccc(F)cc32)c(C)c1C(=O)N[C@H]1O[C@@H](CO)[C@@H]2OC(C)(C)O[C@@H]21. The number of nitrogens with one attached hydrogen (secondary N) is 3. The van der Waals surface area contributed by atoms with Crippen LogP contribution in [0.2, 0.25) is 0 Å². The average molecular weight is 471 g/mol. The summed E-state index contributed by atoms with van der Waals surface area (Å²) in [5, 5.41) is 15.2. The Morgan fingerprint density at radius 2 is 2.00 bits per heavy atom. The second kappa shape index (κ2) is 8.02. The van der Waals surface area contributed by atoms with Crippen LogP contribution >= 0.6 is 0 Å². The second-order valence-corrected chi connectivity index (χ2v) is 9.18. The number of aliphatic hydroxyl groups excluding tert-OH is 1. The predicted octanol–water partition coefficient (Wildman–Crippen LogP) is 2.23. The number of benzene rings is 1. The fraction of sp³-hybridized carbons (Fsp3) is 0.417. The van der Waals surface area contributed by atoms with E-state index in [9.17, 15) is 19.1 Å². The molecular weight excluding hydrogens is 445 g/mol. The van der Waals surface area contributed by atoms with Gasteiger partial charge in [-0.25, -0.2) is 4.39 Å². The van der Waals surface area contributed by atoms with E-state index in [1.165, 1.54) is 18.2 Å². The van der Waals surface area contributed by atoms with Crippen molar-refractivity contribution in [1.29, 1.82) is 0 Å². The Kier molecular flexibility index (Phi) is 5.36. The molecule has 180 valence electrons.